The number of hydrogen-bond acceptors (Lipinski definition) is 7. The summed E-state index contributed by atoms with van der Waals surface area (Å²) in [4.78, 5) is 0. The topological polar surface area (TPSA) is 151 Å². The number of methoxy groups -OCH3 is 1. The van der Waals surface area contributed by atoms with E-state index in [1.54, 1.807) is 0 Å². The molecule has 8 nitrogen and oxygen atoms in total. The Morgan fingerprint density at radius 3 is 1.47 bits per heavy atom. The minimum atomic E-state index is -0.750. The molecule has 0 bridgehead atoms. The van der Waals surface area contributed by atoms with E-state index < -0.39 is 6.79 Å². The van der Waals surface area contributed by atoms with E-state index in [2.05, 4.69) is 9.47 Å². The Hall–Kier alpha value is -0.320. The molecule has 0 aliphatic heterocycles. The van der Waals surface area contributed by atoms with Crippen LogP contribution in [0.2, 0.25) is 0 Å². The summed E-state index contributed by atoms with van der Waals surface area (Å²) < 4.78 is 9.17. The lowest BCUT2D eigenvalue weighted by molar-refractivity contribution is -0.0411. The minimum Gasteiger partial charge on any atom is -0.412 e. The van der Waals surface area contributed by atoms with Crippen LogP contribution in [0, 0.1) is 0 Å². The normalized spacial score (nSPS) is 7.60. The summed E-state index contributed by atoms with van der Waals surface area (Å²) >= 11 is 0. The quantitative estimate of drug-likeness (QED) is 0.246. The standard InChI is InChI=1S/C4H10O3.C2H6O2.CH4O2.H2O/c1-6-4-7-3-2-5;3-1-2-4;2-1-3;/h5H,2-4H2,1H3;3-4H,1-2H2;2-3H,1H2;1H2. The van der Waals surface area contributed by atoms with Crippen LogP contribution in [-0.2, 0) is 9.47 Å². The molecule has 8 heteroatoms. The van der Waals surface area contributed by atoms with Gasteiger partial charge in [0.1, 0.15) is 13.6 Å². The SMILES string of the molecule is COCOCCO.O.OCCO.OCO. The van der Waals surface area contributed by atoms with E-state index in [4.69, 9.17) is 25.5 Å². The van der Waals surface area contributed by atoms with E-state index in [-0.39, 0.29) is 32.1 Å². The molecule has 0 aromatic carbocycles. The Morgan fingerprint density at radius 2 is 1.27 bits per heavy atom. The van der Waals surface area contributed by atoms with Gasteiger partial charge in [0.25, 0.3) is 0 Å². The summed E-state index contributed by atoms with van der Waals surface area (Å²) in [7, 11) is 1.54. The van der Waals surface area contributed by atoms with Gasteiger partial charge in [0, 0.05) is 7.11 Å². The highest BCUT2D eigenvalue weighted by atomic mass is 16.7. The first-order chi connectivity index (χ1) is 6.74. The van der Waals surface area contributed by atoms with Crippen LogP contribution in [-0.4, -0.2) is 78.1 Å². The third-order valence-electron chi connectivity index (χ3n) is 0.537. The zero-order valence-electron chi connectivity index (χ0n) is 8.80. The Morgan fingerprint density at radius 1 is 0.867 bits per heavy atom. The van der Waals surface area contributed by atoms with Crippen LogP contribution in [0.25, 0.3) is 0 Å². The van der Waals surface area contributed by atoms with Crippen molar-refractivity contribution in [1.29, 1.82) is 0 Å². The number of hydrogen-bond donors (Lipinski definition) is 5. The second kappa shape index (κ2) is 37.3. The van der Waals surface area contributed by atoms with E-state index in [9.17, 15) is 0 Å². The van der Waals surface area contributed by atoms with E-state index in [0.717, 1.165) is 0 Å². The summed E-state index contributed by atoms with van der Waals surface area (Å²) in [5.41, 5.74) is 0. The van der Waals surface area contributed by atoms with Crippen molar-refractivity contribution in [2.75, 3.05) is 47.1 Å². The first kappa shape index (κ1) is 24.1. The number of ether oxygens (including phenoxy) is 2. The van der Waals surface area contributed by atoms with Crippen molar-refractivity contribution in [3.63, 3.8) is 0 Å². The van der Waals surface area contributed by atoms with Gasteiger partial charge in [0.05, 0.1) is 26.4 Å². The Kier molecular flexibility index (Phi) is 59.9. The van der Waals surface area contributed by atoms with Crippen LogP contribution in [0.5, 0.6) is 0 Å². The fourth-order valence-electron chi connectivity index (χ4n) is 0.207. The monoisotopic (exact) mass is 234 g/mol. The molecule has 0 aliphatic rings. The van der Waals surface area contributed by atoms with E-state index in [1.165, 1.54) is 7.11 Å². The minimum absolute atomic E-state index is 0. The fourth-order valence-corrected chi connectivity index (χ4v) is 0.207. The third kappa shape index (κ3) is 85.2. The lowest BCUT2D eigenvalue weighted by Gasteiger charge is -1.96. The largest absolute Gasteiger partial charge is 0.412 e. The Labute approximate surface area is 88.6 Å². The van der Waals surface area contributed by atoms with Crippen LogP contribution >= 0.6 is 0 Å². The van der Waals surface area contributed by atoms with E-state index in [0.29, 0.717) is 6.61 Å². The molecular formula is C7H22O8. The van der Waals surface area contributed by atoms with Crippen molar-refractivity contribution >= 4 is 0 Å². The van der Waals surface area contributed by atoms with Gasteiger partial charge >= 0.3 is 0 Å². The molecule has 7 N–H and O–H groups in total. The van der Waals surface area contributed by atoms with Crippen LogP contribution in [0.15, 0.2) is 0 Å². The van der Waals surface area contributed by atoms with Crippen molar-refractivity contribution in [3.05, 3.63) is 0 Å². The van der Waals surface area contributed by atoms with Gasteiger partial charge in [-0.2, -0.15) is 0 Å². The van der Waals surface area contributed by atoms with Gasteiger partial charge in [0.2, 0.25) is 0 Å². The number of aliphatic hydroxyl groups excluding tert-OH is 4. The van der Waals surface area contributed by atoms with E-state index in [1.807, 2.05) is 0 Å². The number of rotatable bonds is 5. The first-order valence-corrected chi connectivity index (χ1v) is 3.86. The highest BCUT2D eigenvalue weighted by molar-refractivity contribution is 4.16. The fraction of sp³-hybridized carbons (Fsp3) is 1.00. The van der Waals surface area contributed by atoms with Crippen LogP contribution in [0.3, 0.4) is 0 Å². The van der Waals surface area contributed by atoms with E-state index >= 15 is 0 Å². The van der Waals surface area contributed by atoms with Crippen molar-refractivity contribution in [2.45, 2.75) is 0 Å². The van der Waals surface area contributed by atoms with Crippen molar-refractivity contribution in [1.82, 2.24) is 0 Å². The molecule has 98 valence electrons. The zero-order chi connectivity index (χ0) is 11.7. The first-order valence-electron chi connectivity index (χ1n) is 3.86. The predicted molar refractivity (Wildman–Crippen MR) is 52.0 cm³/mol. The molecule has 0 rings (SSSR count). The molecule has 0 saturated heterocycles. The van der Waals surface area contributed by atoms with Gasteiger partial charge in [-0.1, -0.05) is 0 Å². The van der Waals surface area contributed by atoms with Gasteiger partial charge in [-0.05, 0) is 0 Å². The van der Waals surface area contributed by atoms with Crippen LogP contribution in [0.1, 0.15) is 0 Å². The molecule has 0 atom stereocenters. The highest BCUT2D eigenvalue weighted by Gasteiger charge is 1.78. The van der Waals surface area contributed by atoms with Gasteiger partial charge in [-0.3, -0.25) is 0 Å². The molecule has 0 aromatic rings. The van der Waals surface area contributed by atoms with Gasteiger partial charge in [0.15, 0.2) is 0 Å². The van der Waals surface area contributed by atoms with Gasteiger partial charge in [-0.15, -0.1) is 0 Å². The second-order valence-electron chi connectivity index (χ2n) is 1.63. The van der Waals surface area contributed by atoms with Crippen LogP contribution < -0.4 is 0 Å². The maximum absolute atomic E-state index is 8.11. The molecular weight excluding hydrogens is 212 g/mol. The summed E-state index contributed by atoms with van der Waals surface area (Å²) in [5, 5.41) is 37.6. The summed E-state index contributed by atoms with van der Waals surface area (Å²) in [6, 6.07) is 0. The molecule has 0 radical (unpaired) electrons. The zero-order valence-corrected chi connectivity index (χ0v) is 8.80. The summed E-state index contributed by atoms with van der Waals surface area (Å²) in [6.07, 6.45) is 0. The second-order valence-corrected chi connectivity index (χ2v) is 1.63. The summed E-state index contributed by atoms with van der Waals surface area (Å²) in [6.45, 7) is -0.322. The van der Waals surface area contributed by atoms with Crippen molar-refractivity contribution in [3.8, 4) is 0 Å². The molecule has 0 unspecified atom stereocenters. The molecule has 0 aromatic heterocycles. The smallest absolute Gasteiger partial charge is 0.146 e. The molecule has 0 spiro atoms. The van der Waals surface area contributed by atoms with Gasteiger partial charge < -0.3 is 40.5 Å². The Bertz CT molecular complexity index is 57.0. The number of aliphatic hydroxyl groups is 5. The van der Waals surface area contributed by atoms with Crippen LogP contribution in [0.4, 0.5) is 0 Å². The van der Waals surface area contributed by atoms with Crippen molar-refractivity contribution in [2.24, 2.45) is 0 Å². The highest BCUT2D eigenvalue weighted by Crippen LogP contribution is 1.70. The lowest BCUT2D eigenvalue weighted by Crippen LogP contribution is -2.01. The third-order valence-corrected chi connectivity index (χ3v) is 0.537. The molecule has 0 saturated carbocycles. The average molecular weight is 234 g/mol. The molecule has 0 amide bonds. The lowest BCUT2D eigenvalue weighted by atomic mass is 10.8. The molecule has 0 heterocycles. The van der Waals surface area contributed by atoms with Crippen molar-refractivity contribution < 1.29 is 40.5 Å². The van der Waals surface area contributed by atoms with Gasteiger partial charge in [-0.25, -0.2) is 0 Å². The molecule has 15 heavy (non-hydrogen) atoms. The molecule has 0 fully saturated rings. The summed E-state index contributed by atoms with van der Waals surface area (Å²) in [5.74, 6) is 0. The molecule has 0 aliphatic carbocycles. The maximum atomic E-state index is 8.11. The average Bonchev–Trinajstić information content (AvgIpc) is 2.20. The predicted octanol–water partition coefficient (Wildman–Crippen LogP) is -3.33. The maximum Gasteiger partial charge on any atom is 0.146 e. The Balaban J connectivity index is -0.0000000654.